The molecule has 0 aromatic heterocycles. The summed E-state index contributed by atoms with van der Waals surface area (Å²) in [5, 5.41) is 3.63. The normalized spacial score (nSPS) is 22.1. The SMILES string of the molecule is COC(=O)C1=C(C)NC(C)=C(C(=O)OC[C@@H]2CCCO2)[C@H]1c1cccc(Cl)c1. The van der Waals surface area contributed by atoms with E-state index in [0.717, 1.165) is 18.4 Å². The molecule has 6 nitrogen and oxygen atoms in total. The van der Waals surface area contributed by atoms with Gasteiger partial charge < -0.3 is 19.5 Å². The van der Waals surface area contributed by atoms with Gasteiger partial charge in [-0.05, 0) is 44.4 Å². The molecule has 1 N–H and O–H groups in total. The second-order valence-corrected chi connectivity index (χ2v) is 7.35. The zero-order valence-corrected chi connectivity index (χ0v) is 17.0. The van der Waals surface area contributed by atoms with Crippen LogP contribution in [0.2, 0.25) is 5.02 Å². The molecular formula is C21H24ClNO5. The van der Waals surface area contributed by atoms with Crippen LogP contribution in [0, 0.1) is 0 Å². The van der Waals surface area contributed by atoms with Crippen molar-refractivity contribution < 1.29 is 23.8 Å². The van der Waals surface area contributed by atoms with Crippen molar-refractivity contribution in [3.63, 3.8) is 0 Å². The molecule has 0 aliphatic carbocycles. The topological polar surface area (TPSA) is 73.9 Å². The molecule has 0 saturated carbocycles. The Morgan fingerprint density at radius 2 is 1.93 bits per heavy atom. The molecule has 2 heterocycles. The molecule has 1 fully saturated rings. The standard InChI is InChI=1S/C21H24ClNO5/c1-12-17(20(24)26-3)19(14-6-4-7-15(22)10-14)18(13(2)23-12)21(25)28-11-16-8-5-9-27-16/h4,6-7,10,16,19,23H,5,8-9,11H2,1-3H3/t16-,19-/m0/s1. The quantitative estimate of drug-likeness (QED) is 0.756. The number of carbonyl (C=O) groups is 2. The lowest BCUT2D eigenvalue weighted by atomic mass is 9.80. The fraction of sp³-hybridized carbons (Fsp3) is 0.429. The Morgan fingerprint density at radius 1 is 1.21 bits per heavy atom. The van der Waals surface area contributed by atoms with Crippen LogP contribution in [0.1, 0.15) is 38.2 Å². The molecule has 28 heavy (non-hydrogen) atoms. The van der Waals surface area contributed by atoms with Gasteiger partial charge in [0.2, 0.25) is 0 Å². The number of hydrogen-bond donors (Lipinski definition) is 1. The zero-order chi connectivity index (χ0) is 20.3. The summed E-state index contributed by atoms with van der Waals surface area (Å²) < 4.78 is 16.1. The molecule has 1 aromatic carbocycles. The molecule has 7 heteroatoms. The molecule has 2 aliphatic rings. The largest absolute Gasteiger partial charge is 0.466 e. The van der Waals surface area contributed by atoms with Crippen molar-refractivity contribution in [1.29, 1.82) is 0 Å². The van der Waals surface area contributed by atoms with Crippen molar-refractivity contribution in [2.24, 2.45) is 0 Å². The van der Waals surface area contributed by atoms with E-state index in [0.29, 0.717) is 34.2 Å². The van der Waals surface area contributed by atoms with E-state index in [1.807, 2.05) is 6.07 Å². The third kappa shape index (κ3) is 4.23. The highest BCUT2D eigenvalue weighted by molar-refractivity contribution is 6.30. The minimum absolute atomic E-state index is 0.0802. The number of halogens is 1. The van der Waals surface area contributed by atoms with Crippen LogP contribution in [-0.4, -0.2) is 38.4 Å². The summed E-state index contributed by atoms with van der Waals surface area (Å²) in [6, 6.07) is 7.11. The highest BCUT2D eigenvalue weighted by Gasteiger charge is 2.38. The summed E-state index contributed by atoms with van der Waals surface area (Å²) in [4.78, 5) is 25.6. The van der Waals surface area contributed by atoms with Crippen LogP contribution in [0.4, 0.5) is 0 Å². The summed E-state index contributed by atoms with van der Waals surface area (Å²) in [6.07, 6.45) is 1.75. The van der Waals surface area contributed by atoms with E-state index in [4.69, 9.17) is 25.8 Å². The van der Waals surface area contributed by atoms with Gasteiger partial charge in [0.05, 0.1) is 30.3 Å². The Balaban J connectivity index is 1.98. The predicted molar refractivity (Wildman–Crippen MR) is 105 cm³/mol. The monoisotopic (exact) mass is 405 g/mol. The van der Waals surface area contributed by atoms with E-state index in [2.05, 4.69) is 5.32 Å². The fourth-order valence-electron chi connectivity index (χ4n) is 3.69. The molecule has 0 unspecified atom stereocenters. The number of rotatable bonds is 5. The molecule has 0 bridgehead atoms. The summed E-state index contributed by atoms with van der Waals surface area (Å²) >= 11 is 6.18. The lowest BCUT2D eigenvalue weighted by molar-refractivity contribution is -0.142. The maximum absolute atomic E-state index is 13.0. The smallest absolute Gasteiger partial charge is 0.336 e. The van der Waals surface area contributed by atoms with E-state index in [-0.39, 0.29) is 12.7 Å². The number of dihydropyridines is 1. The first-order chi connectivity index (χ1) is 13.4. The zero-order valence-electron chi connectivity index (χ0n) is 16.2. The molecule has 2 atom stereocenters. The molecule has 1 aromatic rings. The lowest BCUT2D eigenvalue weighted by Crippen LogP contribution is -2.33. The first kappa shape index (κ1) is 20.4. The van der Waals surface area contributed by atoms with Crippen LogP contribution in [0.15, 0.2) is 46.8 Å². The van der Waals surface area contributed by atoms with Crippen molar-refractivity contribution in [1.82, 2.24) is 5.32 Å². The van der Waals surface area contributed by atoms with E-state index < -0.39 is 17.9 Å². The Morgan fingerprint density at radius 3 is 2.54 bits per heavy atom. The molecule has 3 rings (SSSR count). The van der Waals surface area contributed by atoms with Gasteiger partial charge in [0.1, 0.15) is 6.61 Å². The maximum atomic E-state index is 13.0. The van der Waals surface area contributed by atoms with E-state index in [9.17, 15) is 9.59 Å². The number of benzene rings is 1. The van der Waals surface area contributed by atoms with Crippen molar-refractivity contribution in [2.45, 2.75) is 38.7 Å². The van der Waals surface area contributed by atoms with Crippen molar-refractivity contribution >= 4 is 23.5 Å². The highest BCUT2D eigenvalue weighted by Crippen LogP contribution is 2.39. The number of allylic oxidation sites excluding steroid dienone is 2. The minimum atomic E-state index is -0.635. The number of nitrogens with one attached hydrogen (secondary N) is 1. The highest BCUT2D eigenvalue weighted by atomic mass is 35.5. The predicted octanol–water partition coefficient (Wildman–Crippen LogP) is 3.47. The Kier molecular flexibility index (Phi) is 6.42. The summed E-state index contributed by atoms with van der Waals surface area (Å²) in [6.45, 7) is 4.44. The van der Waals surface area contributed by atoms with Gasteiger partial charge in [-0.25, -0.2) is 9.59 Å². The van der Waals surface area contributed by atoms with Crippen LogP contribution in [0.3, 0.4) is 0 Å². The average Bonchev–Trinajstić information content (AvgIpc) is 3.18. The Labute approximate surface area is 169 Å². The third-order valence-corrected chi connectivity index (χ3v) is 5.23. The number of esters is 2. The number of carbonyl (C=O) groups excluding carboxylic acids is 2. The van der Waals surface area contributed by atoms with Gasteiger partial charge in [-0.2, -0.15) is 0 Å². The van der Waals surface area contributed by atoms with E-state index in [1.165, 1.54) is 7.11 Å². The summed E-state index contributed by atoms with van der Waals surface area (Å²) in [5.74, 6) is -1.63. The van der Waals surface area contributed by atoms with Crippen LogP contribution in [0.5, 0.6) is 0 Å². The Hall–Kier alpha value is -2.31. The van der Waals surface area contributed by atoms with Gasteiger partial charge in [-0.1, -0.05) is 23.7 Å². The van der Waals surface area contributed by atoms with Gasteiger partial charge in [-0.3, -0.25) is 0 Å². The van der Waals surface area contributed by atoms with Gasteiger partial charge >= 0.3 is 11.9 Å². The van der Waals surface area contributed by atoms with Crippen molar-refractivity contribution in [3.8, 4) is 0 Å². The molecule has 0 spiro atoms. The average molecular weight is 406 g/mol. The second kappa shape index (κ2) is 8.80. The molecular weight excluding hydrogens is 382 g/mol. The minimum Gasteiger partial charge on any atom is -0.466 e. The molecule has 150 valence electrons. The van der Waals surface area contributed by atoms with Crippen LogP contribution < -0.4 is 5.32 Å². The lowest BCUT2D eigenvalue weighted by Gasteiger charge is -2.30. The maximum Gasteiger partial charge on any atom is 0.336 e. The molecule has 2 aliphatic heterocycles. The van der Waals surface area contributed by atoms with Gasteiger partial charge in [0.25, 0.3) is 0 Å². The van der Waals surface area contributed by atoms with E-state index >= 15 is 0 Å². The van der Waals surface area contributed by atoms with Crippen molar-refractivity contribution in [3.05, 3.63) is 57.4 Å². The molecule has 0 amide bonds. The molecule has 1 saturated heterocycles. The van der Waals surface area contributed by atoms with Crippen LogP contribution in [0.25, 0.3) is 0 Å². The Bertz CT molecular complexity index is 839. The number of hydrogen-bond acceptors (Lipinski definition) is 6. The van der Waals surface area contributed by atoms with Gasteiger partial charge in [-0.15, -0.1) is 0 Å². The summed E-state index contributed by atoms with van der Waals surface area (Å²) in [7, 11) is 1.32. The summed E-state index contributed by atoms with van der Waals surface area (Å²) in [5.41, 5.74) is 2.71. The fourth-order valence-corrected chi connectivity index (χ4v) is 3.89. The van der Waals surface area contributed by atoms with E-state index in [1.54, 1.807) is 32.0 Å². The molecule has 0 radical (unpaired) electrons. The van der Waals surface area contributed by atoms with Crippen LogP contribution in [-0.2, 0) is 23.8 Å². The number of methoxy groups -OCH3 is 1. The first-order valence-corrected chi connectivity index (χ1v) is 9.61. The van der Waals surface area contributed by atoms with Crippen molar-refractivity contribution in [2.75, 3.05) is 20.3 Å². The van der Waals surface area contributed by atoms with Crippen LogP contribution >= 0.6 is 11.6 Å². The number of ether oxygens (including phenoxy) is 3. The second-order valence-electron chi connectivity index (χ2n) is 6.92. The first-order valence-electron chi connectivity index (χ1n) is 9.23. The van der Waals surface area contributed by atoms with Gasteiger partial charge in [0, 0.05) is 23.0 Å². The van der Waals surface area contributed by atoms with Gasteiger partial charge in [0.15, 0.2) is 0 Å². The third-order valence-electron chi connectivity index (χ3n) is 4.99.